The second-order valence-corrected chi connectivity index (χ2v) is 4.41. The number of aromatic carboxylic acids is 1. The number of amides is 1. The largest absolute Gasteiger partial charge is 0.478 e. The number of carboxylic acid groups (broad SMARTS) is 1. The summed E-state index contributed by atoms with van der Waals surface area (Å²) in [4.78, 5) is 26.1. The second kappa shape index (κ2) is 5.02. The Hall–Kier alpha value is -2.48. The fourth-order valence-corrected chi connectivity index (χ4v) is 1.90. The van der Waals surface area contributed by atoms with E-state index in [-0.39, 0.29) is 16.5 Å². The Balaban J connectivity index is 2.18. The third-order valence-electron chi connectivity index (χ3n) is 2.21. The molecule has 0 aliphatic heterocycles. The maximum atomic E-state index is 13.4. The van der Waals surface area contributed by atoms with Crippen molar-refractivity contribution in [1.82, 2.24) is 4.98 Å². The topological polar surface area (TPSA) is 105 Å². The fraction of sp³-hybridized carbons (Fsp3) is 0. The smallest absolute Gasteiger partial charge is 0.338 e. The fourth-order valence-electron chi connectivity index (χ4n) is 1.35. The highest BCUT2D eigenvalue weighted by atomic mass is 32.1. The predicted octanol–water partition coefficient (Wildman–Crippen LogP) is 1.81. The third kappa shape index (κ3) is 2.86. The van der Waals surface area contributed by atoms with Crippen LogP contribution in [-0.4, -0.2) is 22.0 Å². The number of carboxylic acids is 1. The molecule has 1 aromatic heterocycles. The molecule has 2 aromatic rings. The van der Waals surface area contributed by atoms with Crippen LogP contribution in [0.2, 0.25) is 0 Å². The van der Waals surface area contributed by atoms with Gasteiger partial charge in [0.2, 0.25) is 0 Å². The zero-order valence-corrected chi connectivity index (χ0v) is 10.2. The van der Waals surface area contributed by atoms with Crippen LogP contribution in [0.1, 0.15) is 20.8 Å². The zero-order chi connectivity index (χ0) is 14.0. The van der Waals surface area contributed by atoms with Crippen LogP contribution in [0, 0.1) is 5.82 Å². The van der Waals surface area contributed by atoms with Gasteiger partial charge in [0.1, 0.15) is 11.5 Å². The minimum Gasteiger partial charge on any atom is -0.478 e. The number of nitrogen functional groups attached to an aromatic ring is 1. The summed E-state index contributed by atoms with van der Waals surface area (Å²) in [5.74, 6) is -2.85. The molecule has 1 heterocycles. The minimum absolute atomic E-state index is 0.116. The Morgan fingerprint density at radius 2 is 2.16 bits per heavy atom. The molecule has 0 fully saturated rings. The average molecular weight is 281 g/mol. The van der Waals surface area contributed by atoms with Crippen LogP contribution in [0.3, 0.4) is 0 Å². The molecule has 0 radical (unpaired) electrons. The molecule has 0 aliphatic carbocycles. The first-order chi connectivity index (χ1) is 8.97. The lowest BCUT2D eigenvalue weighted by atomic mass is 10.2. The second-order valence-electron chi connectivity index (χ2n) is 3.52. The molecule has 4 N–H and O–H groups in total. The zero-order valence-electron chi connectivity index (χ0n) is 9.38. The predicted molar refractivity (Wildman–Crippen MR) is 67.8 cm³/mol. The number of thiazole rings is 1. The Kier molecular flexibility index (Phi) is 3.43. The summed E-state index contributed by atoms with van der Waals surface area (Å²) in [6.45, 7) is 0. The van der Waals surface area contributed by atoms with Crippen LogP contribution in [0.4, 0.5) is 15.2 Å². The molecule has 1 amide bonds. The Bertz CT molecular complexity index is 656. The molecule has 1 aromatic carbocycles. The lowest BCUT2D eigenvalue weighted by Crippen LogP contribution is -2.13. The molecule has 98 valence electrons. The molecule has 0 aliphatic rings. The summed E-state index contributed by atoms with van der Waals surface area (Å²) in [5, 5.41) is 12.8. The molecule has 8 heteroatoms. The number of hydrogen-bond acceptors (Lipinski definition) is 5. The number of carbonyl (C=O) groups is 2. The van der Waals surface area contributed by atoms with E-state index in [1.165, 1.54) is 11.4 Å². The summed E-state index contributed by atoms with van der Waals surface area (Å²) in [6.07, 6.45) is 0. The normalized spacial score (nSPS) is 10.2. The van der Waals surface area contributed by atoms with Crippen molar-refractivity contribution in [2.45, 2.75) is 0 Å². The summed E-state index contributed by atoms with van der Waals surface area (Å²) in [5.41, 5.74) is 5.18. The van der Waals surface area contributed by atoms with E-state index in [1.807, 2.05) is 0 Å². The monoisotopic (exact) mass is 281 g/mol. The van der Waals surface area contributed by atoms with Crippen molar-refractivity contribution in [2.24, 2.45) is 0 Å². The average Bonchev–Trinajstić information content (AvgIpc) is 2.75. The standard InChI is InChI=1S/C11H8FN3O3S/c12-7-3-5(1-2-6(7)10(17)18)14-9(16)8-4-19-11(13)15-8/h1-4H,(H2,13,15)(H,14,16)(H,17,18). The Labute approximate surface area is 110 Å². The molecule has 0 atom stereocenters. The summed E-state index contributed by atoms with van der Waals surface area (Å²) < 4.78 is 13.4. The number of nitrogens with one attached hydrogen (secondary N) is 1. The van der Waals surface area contributed by atoms with Crippen molar-refractivity contribution in [3.8, 4) is 0 Å². The van der Waals surface area contributed by atoms with Crippen LogP contribution in [-0.2, 0) is 0 Å². The number of nitrogens with zero attached hydrogens (tertiary/aromatic N) is 1. The van der Waals surface area contributed by atoms with Crippen LogP contribution in [0.15, 0.2) is 23.6 Å². The van der Waals surface area contributed by atoms with Crippen molar-refractivity contribution in [3.05, 3.63) is 40.7 Å². The van der Waals surface area contributed by atoms with Crippen LogP contribution >= 0.6 is 11.3 Å². The first-order valence-electron chi connectivity index (χ1n) is 5.02. The number of nitrogens with two attached hydrogens (primary N) is 1. The van der Waals surface area contributed by atoms with Gasteiger partial charge in [0, 0.05) is 11.1 Å². The highest BCUT2D eigenvalue weighted by Gasteiger charge is 2.13. The number of benzene rings is 1. The van der Waals surface area contributed by atoms with Crippen molar-refractivity contribution in [1.29, 1.82) is 0 Å². The van der Waals surface area contributed by atoms with E-state index >= 15 is 0 Å². The highest BCUT2D eigenvalue weighted by molar-refractivity contribution is 7.13. The quantitative estimate of drug-likeness (QED) is 0.795. The van der Waals surface area contributed by atoms with E-state index in [0.29, 0.717) is 0 Å². The molecule has 2 rings (SSSR count). The number of aromatic nitrogens is 1. The van der Waals surface area contributed by atoms with Gasteiger partial charge in [-0.25, -0.2) is 14.2 Å². The number of carbonyl (C=O) groups excluding carboxylic acids is 1. The molecule has 0 saturated heterocycles. The van der Waals surface area contributed by atoms with Crippen LogP contribution in [0.25, 0.3) is 0 Å². The minimum atomic E-state index is -1.37. The Morgan fingerprint density at radius 3 is 2.68 bits per heavy atom. The van der Waals surface area contributed by atoms with Gasteiger partial charge in [-0.15, -0.1) is 11.3 Å². The maximum Gasteiger partial charge on any atom is 0.338 e. The summed E-state index contributed by atoms with van der Waals surface area (Å²) in [7, 11) is 0. The molecule has 0 unspecified atom stereocenters. The van der Waals surface area contributed by atoms with Gasteiger partial charge >= 0.3 is 5.97 Å². The van der Waals surface area contributed by atoms with Crippen LogP contribution in [0.5, 0.6) is 0 Å². The van der Waals surface area contributed by atoms with E-state index < -0.39 is 23.3 Å². The molecule has 19 heavy (non-hydrogen) atoms. The van der Waals surface area contributed by atoms with Gasteiger partial charge in [-0.1, -0.05) is 0 Å². The van der Waals surface area contributed by atoms with Gasteiger partial charge in [0.25, 0.3) is 5.91 Å². The van der Waals surface area contributed by atoms with Crippen molar-refractivity contribution in [3.63, 3.8) is 0 Å². The number of halogens is 1. The first kappa shape index (κ1) is 13.0. The van der Waals surface area contributed by atoms with Crippen molar-refractivity contribution in [2.75, 3.05) is 11.1 Å². The maximum absolute atomic E-state index is 13.4. The molecular formula is C11H8FN3O3S. The van der Waals surface area contributed by atoms with Crippen molar-refractivity contribution >= 4 is 34.0 Å². The summed E-state index contributed by atoms with van der Waals surface area (Å²) >= 11 is 1.11. The number of rotatable bonds is 3. The molecule has 0 spiro atoms. The van der Waals surface area contributed by atoms with Gasteiger partial charge in [-0.2, -0.15) is 0 Å². The van der Waals surface area contributed by atoms with E-state index in [1.54, 1.807) is 0 Å². The van der Waals surface area contributed by atoms with Gasteiger partial charge in [-0.3, -0.25) is 4.79 Å². The lowest BCUT2D eigenvalue weighted by Gasteiger charge is -2.04. The third-order valence-corrected chi connectivity index (χ3v) is 2.89. The molecule has 6 nitrogen and oxygen atoms in total. The number of hydrogen-bond donors (Lipinski definition) is 3. The molecule has 0 bridgehead atoms. The Morgan fingerprint density at radius 1 is 1.42 bits per heavy atom. The van der Waals surface area contributed by atoms with Crippen LogP contribution < -0.4 is 11.1 Å². The van der Waals surface area contributed by atoms with Gasteiger partial charge in [0.05, 0.1) is 5.56 Å². The van der Waals surface area contributed by atoms with E-state index in [2.05, 4.69) is 10.3 Å². The SMILES string of the molecule is Nc1nc(C(=O)Nc2ccc(C(=O)O)c(F)c2)cs1. The van der Waals surface area contributed by atoms with Gasteiger partial charge < -0.3 is 16.2 Å². The van der Waals surface area contributed by atoms with E-state index in [9.17, 15) is 14.0 Å². The first-order valence-corrected chi connectivity index (χ1v) is 5.90. The van der Waals surface area contributed by atoms with Gasteiger partial charge in [-0.05, 0) is 18.2 Å². The number of anilines is 2. The van der Waals surface area contributed by atoms with E-state index in [4.69, 9.17) is 10.8 Å². The highest BCUT2D eigenvalue weighted by Crippen LogP contribution is 2.17. The molecule has 0 saturated carbocycles. The van der Waals surface area contributed by atoms with Crippen molar-refractivity contribution < 1.29 is 19.1 Å². The molecular weight excluding hydrogens is 273 g/mol. The summed E-state index contributed by atoms with van der Waals surface area (Å²) in [6, 6.07) is 3.29. The van der Waals surface area contributed by atoms with Gasteiger partial charge in [0.15, 0.2) is 5.13 Å². The lowest BCUT2D eigenvalue weighted by molar-refractivity contribution is 0.0692. The van der Waals surface area contributed by atoms with E-state index in [0.717, 1.165) is 23.5 Å².